The average Bonchev–Trinajstić information content (AvgIpc) is 2.80. The van der Waals surface area contributed by atoms with Crippen LogP contribution in [-0.4, -0.2) is 12.3 Å². The van der Waals surface area contributed by atoms with Crippen LogP contribution in [0.3, 0.4) is 0 Å². The molecule has 0 unspecified atom stereocenters. The molecule has 0 nitrogen and oxygen atoms in total. The summed E-state index contributed by atoms with van der Waals surface area (Å²) in [5.41, 5.74) is 2.57. The molecule has 0 aliphatic rings. The van der Waals surface area contributed by atoms with Gasteiger partial charge in [0.05, 0.1) is 0 Å². The van der Waals surface area contributed by atoms with E-state index in [1.807, 2.05) is 6.08 Å². The zero-order valence-corrected chi connectivity index (χ0v) is 21.9. The summed E-state index contributed by atoms with van der Waals surface area (Å²) in [6.45, 7) is 12.7. The number of unbranched alkanes of at least 4 members (excludes halogenated alkanes) is 14. The molecule has 0 saturated heterocycles. The summed E-state index contributed by atoms with van der Waals surface area (Å²) in [5, 5.41) is 1.58. The van der Waals surface area contributed by atoms with E-state index in [9.17, 15) is 0 Å². The van der Waals surface area contributed by atoms with Gasteiger partial charge in [0.25, 0.3) is 0 Å². The molecule has 0 atom stereocenters. The zero-order valence-electron chi connectivity index (χ0n) is 21.0. The van der Waals surface area contributed by atoms with Crippen LogP contribution in [-0.2, 0) is 0 Å². The third-order valence-corrected chi connectivity index (χ3v) is 9.21. The van der Waals surface area contributed by atoms with Crippen LogP contribution in [0.5, 0.6) is 0 Å². The molecular formula is C30H51P. The second-order valence-corrected chi connectivity index (χ2v) is 11.6. The topological polar surface area (TPSA) is 0 Å². The van der Waals surface area contributed by atoms with Crippen molar-refractivity contribution in [2.24, 2.45) is 0 Å². The fourth-order valence-electron chi connectivity index (χ4n) is 4.38. The molecule has 0 aliphatic heterocycles. The summed E-state index contributed by atoms with van der Waals surface area (Å²) in [4.78, 5) is 0. The first kappa shape index (κ1) is 28.2. The van der Waals surface area contributed by atoms with Crippen LogP contribution in [0.15, 0.2) is 31.4 Å². The van der Waals surface area contributed by atoms with E-state index in [1.54, 1.807) is 5.30 Å². The van der Waals surface area contributed by atoms with Crippen molar-refractivity contribution in [1.29, 1.82) is 0 Å². The minimum absolute atomic E-state index is 0.0658. The summed E-state index contributed by atoms with van der Waals surface area (Å²) < 4.78 is 0. The fourth-order valence-corrected chi connectivity index (χ4v) is 7.10. The maximum Gasteiger partial charge on any atom is -0.0168 e. The lowest BCUT2D eigenvalue weighted by atomic mass is 10.1. The molecule has 0 saturated carbocycles. The quantitative estimate of drug-likeness (QED) is 0.131. The Labute approximate surface area is 196 Å². The van der Waals surface area contributed by atoms with Gasteiger partial charge in [0.2, 0.25) is 0 Å². The second-order valence-electron chi connectivity index (χ2n) is 9.16. The van der Waals surface area contributed by atoms with Gasteiger partial charge < -0.3 is 0 Å². The predicted octanol–water partition coefficient (Wildman–Crippen LogP) is 10.4. The van der Waals surface area contributed by atoms with Gasteiger partial charge in [-0.1, -0.05) is 149 Å². The van der Waals surface area contributed by atoms with Crippen molar-refractivity contribution < 1.29 is 0 Å². The Balaban J connectivity index is 2.50. The van der Waals surface area contributed by atoms with E-state index >= 15 is 0 Å². The maximum absolute atomic E-state index is 4.12. The Hall–Kier alpha value is -0.870. The Kier molecular flexibility index (Phi) is 18.0. The molecule has 0 bridgehead atoms. The van der Waals surface area contributed by atoms with Gasteiger partial charge in [0, 0.05) is 0 Å². The minimum atomic E-state index is -0.0658. The van der Waals surface area contributed by atoms with Crippen LogP contribution >= 0.6 is 7.92 Å². The lowest BCUT2D eigenvalue weighted by Gasteiger charge is -2.21. The predicted molar refractivity (Wildman–Crippen MR) is 148 cm³/mol. The van der Waals surface area contributed by atoms with E-state index in [2.05, 4.69) is 51.3 Å². The Morgan fingerprint density at radius 3 is 1.48 bits per heavy atom. The van der Waals surface area contributed by atoms with E-state index in [-0.39, 0.29) is 7.92 Å². The number of benzene rings is 1. The highest BCUT2D eigenvalue weighted by molar-refractivity contribution is 7.65. The van der Waals surface area contributed by atoms with Crippen molar-refractivity contribution >= 4 is 25.4 Å². The van der Waals surface area contributed by atoms with Gasteiger partial charge in [-0.3, -0.25) is 0 Å². The molecule has 0 amide bonds. The van der Waals surface area contributed by atoms with Gasteiger partial charge in [-0.05, 0) is 47.7 Å². The summed E-state index contributed by atoms with van der Waals surface area (Å²) in [5.74, 6) is 0. The standard InChI is InChI=1S/C30H51P/c1-5-9-11-13-15-17-19-21-25-31(26-22-20-18-16-14-12-10-6-2)30-24-23-28(7-3)27-29(30)8-4/h7-8,23-24,27H,3-6,9-22,25-26H2,1-2H3. The monoisotopic (exact) mass is 442 g/mol. The molecule has 0 heterocycles. The molecule has 1 aromatic rings. The molecule has 0 spiro atoms. The summed E-state index contributed by atoms with van der Waals surface area (Å²) in [6, 6.07) is 6.92. The highest BCUT2D eigenvalue weighted by Crippen LogP contribution is 2.39. The molecular weight excluding hydrogens is 391 g/mol. The normalized spacial score (nSPS) is 11.2. The average molecular weight is 443 g/mol. The fraction of sp³-hybridized carbons (Fsp3) is 0.667. The van der Waals surface area contributed by atoms with E-state index in [0.717, 1.165) is 0 Å². The van der Waals surface area contributed by atoms with Gasteiger partial charge in [-0.25, -0.2) is 0 Å². The van der Waals surface area contributed by atoms with E-state index in [0.29, 0.717) is 0 Å². The molecule has 176 valence electrons. The lowest BCUT2D eigenvalue weighted by Crippen LogP contribution is -2.11. The van der Waals surface area contributed by atoms with Crippen molar-refractivity contribution in [3.63, 3.8) is 0 Å². The van der Waals surface area contributed by atoms with Crippen LogP contribution < -0.4 is 5.30 Å². The summed E-state index contributed by atoms with van der Waals surface area (Å²) >= 11 is 0. The Morgan fingerprint density at radius 2 is 1.06 bits per heavy atom. The van der Waals surface area contributed by atoms with E-state index in [4.69, 9.17) is 0 Å². The summed E-state index contributed by atoms with van der Waals surface area (Å²) in [6.07, 6.45) is 29.4. The second kappa shape index (κ2) is 19.8. The highest BCUT2D eigenvalue weighted by Gasteiger charge is 2.14. The first-order valence-electron chi connectivity index (χ1n) is 13.4. The molecule has 31 heavy (non-hydrogen) atoms. The first-order valence-corrected chi connectivity index (χ1v) is 15.1. The van der Waals surface area contributed by atoms with Gasteiger partial charge in [-0.15, -0.1) is 0 Å². The molecule has 0 fully saturated rings. The van der Waals surface area contributed by atoms with Crippen molar-refractivity contribution in [2.75, 3.05) is 12.3 Å². The Morgan fingerprint density at radius 1 is 0.613 bits per heavy atom. The largest absolute Gasteiger partial charge is 0.0985 e. The molecule has 1 heteroatoms. The van der Waals surface area contributed by atoms with Crippen LogP contribution in [0.1, 0.15) is 128 Å². The van der Waals surface area contributed by atoms with Gasteiger partial charge in [0.1, 0.15) is 0 Å². The van der Waals surface area contributed by atoms with E-state index in [1.165, 1.54) is 126 Å². The van der Waals surface area contributed by atoms with Crippen LogP contribution in [0.4, 0.5) is 0 Å². The van der Waals surface area contributed by atoms with Crippen LogP contribution in [0.2, 0.25) is 0 Å². The first-order chi connectivity index (χ1) is 15.3. The number of hydrogen-bond donors (Lipinski definition) is 0. The SMILES string of the molecule is C=Cc1ccc(P(CCCCCCCCCC)CCCCCCCCCC)c(C=C)c1. The van der Waals surface area contributed by atoms with Crippen LogP contribution in [0.25, 0.3) is 12.2 Å². The van der Waals surface area contributed by atoms with E-state index < -0.39 is 0 Å². The third-order valence-electron chi connectivity index (χ3n) is 6.41. The molecule has 0 aliphatic carbocycles. The third kappa shape index (κ3) is 13.3. The Bertz CT molecular complexity index is 554. The van der Waals surface area contributed by atoms with Gasteiger partial charge >= 0.3 is 0 Å². The molecule has 0 aromatic heterocycles. The van der Waals surface area contributed by atoms with Crippen molar-refractivity contribution in [1.82, 2.24) is 0 Å². The van der Waals surface area contributed by atoms with Crippen molar-refractivity contribution in [3.05, 3.63) is 42.5 Å². The number of hydrogen-bond acceptors (Lipinski definition) is 0. The maximum atomic E-state index is 4.12. The molecule has 1 rings (SSSR count). The highest BCUT2D eigenvalue weighted by atomic mass is 31.1. The van der Waals surface area contributed by atoms with Crippen molar-refractivity contribution in [3.8, 4) is 0 Å². The number of rotatable bonds is 21. The minimum Gasteiger partial charge on any atom is -0.0985 e. The molecule has 0 N–H and O–H groups in total. The van der Waals surface area contributed by atoms with Gasteiger partial charge in [0.15, 0.2) is 0 Å². The van der Waals surface area contributed by atoms with Crippen LogP contribution in [0, 0.1) is 0 Å². The van der Waals surface area contributed by atoms with Crippen molar-refractivity contribution in [2.45, 2.75) is 117 Å². The smallest absolute Gasteiger partial charge is 0.0168 e. The molecule has 0 radical (unpaired) electrons. The molecule has 1 aromatic carbocycles. The van der Waals surface area contributed by atoms with Gasteiger partial charge in [-0.2, -0.15) is 0 Å². The zero-order chi connectivity index (χ0) is 22.6. The lowest BCUT2D eigenvalue weighted by molar-refractivity contribution is 0.584. The summed E-state index contributed by atoms with van der Waals surface area (Å²) in [7, 11) is -0.0658.